The first-order valence-electron chi connectivity index (χ1n) is 4.26. The third-order valence-electron chi connectivity index (χ3n) is 2.31. The number of nitrogens with zero attached hydrogens (tertiary/aromatic N) is 1. The van der Waals surface area contributed by atoms with Gasteiger partial charge in [0.25, 0.3) is 0 Å². The molecule has 1 aliphatic rings. The van der Waals surface area contributed by atoms with E-state index >= 15 is 0 Å². The maximum absolute atomic E-state index is 3.74. The van der Waals surface area contributed by atoms with Crippen LogP contribution in [0, 0.1) is 5.92 Å². The molecule has 64 valence electrons. The van der Waals surface area contributed by atoms with Crippen molar-refractivity contribution < 1.29 is 0 Å². The minimum Gasteiger partial charge on any atom is -0.300 e. The van der Waals surface area contributed by atoms with E-state index < -0.39 is 0 Å². The van der Waals surface area contributed by atoms with Crippen LogP contribution in [0.15, 0.2) is 12.7 Å². The van der Waals surface area contributed by atoms with E-state index in [2.05, 4.69) is 27.4 Å². The van der Waals surface area contributed by atoms with Crippen LogP contribution >= 0.6 is 15.9 Å². The highest BCUT2D eigenvalue weighted by atomic mass is 79.9. The van der Waals surface area contributed by atoms with Crippen LogP contribution in [0.25, 0.3) is 0 Å². The Balaban J connectivity index is 2.18. The second-order valence-corrected chi connectivity index (χ2v) is 3.83. The molecule has 0 spiro atoms. The van der Waals surface area contributed by atoms with Crippen molar-refractivity contribution in [3.63, 3.8) is 0 Å². The van der Waals surface area contributed by atoms with Crippen LogP contribution in [0.1, 0.15) is 12.8 Å². The van der Waals surface area contributed by atoms with Crippen LogP contribution in [0.4, 0.5) is 0 Å². The van der Waals surface area contributed by atoms with Crippen molar-refractivity contribution in [2.45, 2.75) is 12.8 Å². The van der Waals surface area contributed by atoms with Gasteiger partial charge in [0.2, 0.25) is 0 Å². The van der Waals surface area contributed by atoms with E-state index in [4.69, 9.17) is 0 Å². The van der Waals surface area contributed by atoms with E-state index in [1.807, 2.05) is 6.08 Å². The molecule has 0 aliphatic carbocycles. The number of halogens is 1. The Kier molecular flexibility index (Phi) is 4.16. The summed E-state index contributed by atoms with van der Waals surface area (Å²) in [4.78, 5) is 2.46. The largest absolute Gasteiger partial charge is 0.300 e. The highest BCUT2D eigenvalue weighted by Gasteiger charge is 2.16. The molecule has 1 nitrogen and oxygen atoms in total. The molecular formula is C9H16BrN. The summed E-state index contributed by atoms with van der Waals surface area (Å²) in [6, 6.07) is 0. The molecule has 1 fully saturated rings. The first-order valence-corrected chi connectivity index (χ1v) is 5.38. The molecule has 0 aromatic carbocycles. The molecule has 1 rings (SSSR count). The Bertz CT molecular complexity index is 117. The van der Waals surface area contributed by atoms with Gasteiger partial charge in [-0.25, -0.2) is 0 Å². The van der Waals surface area contributed by atoms with Gasteiger partial charge in [0.15, 0.2) is 0 Å². The van der Waals surface area contributed by atoms with Crippen molar-refractivity contribution in [3.8, 4) is 0 Å². The average molecular weight is 218 g/mol. The summed E-state index contributed by atoms with van der Waals surface area (Å²) in [6.07, 6.45) is 4.69. The second-order valence-electron chi connectivity index (χ2n) is 3.19. The molecule has 1 aliphatic heterocycles. The van der Waals surface area contributed by atoms with Gasteiger partial charge in [-0.1, -0.05) is 22.0 Å². The minimum absolute atomic E-state index is 0.913. The molecule has 0 aromatic heterocycles. The Morgan fingerprint density at radius 3 is 2.55 bits per heavy atom. The first kappa shape index (κ1) is 9.27. The van der Waals surface area contributed by atoms with Gasteiger partial charge in [-0.2, -0.15) is 0 Å². The van der Waals surface area contributed by atoms with Crippen LogP contribution in [0.2, 0.25) is 0 Å². The SMILES string of the molecule is C=CCN1CCC(CBr)CC1. The van der Waals surface area contributed by atoms with Crippen LogP contribution in [-0.4, -0.2) is 29.9 Å². The molecule has 0 bridgehead atoms. The summed E-state index contributed by atoms with van der Waals surface area (Å²) in [5.74, 6) is 0.913. The van der Waals surface area contributed by atoms with Gasteiger partial charge in [-0.15, -0.1) is 6.58 Å². The molecule has 2 heteroatoms. The van der Waals surface area contributed by atoms with E-state index in [-0.39, 0.29) is 0 Å². The van der Waals surface area contributed by atoms with E-state index in [1.54, 1.807) is 0 Å². The quantitative estimate of drug-likeness (QED) is 0.519. The maximum Gasteiger partial charge on any atom is 0.0160 e. The molecule has 0 saturated carbocycles. The fourth-order valence-corrected chi connectivity index (χ4v) is 2.15. The summed E-state index contributed by atoms with van der Waals surface area (Å²) in [7, 11) is 0. The predicted molar refractivity (Wildman–Crippen MR) is 53.2 cm³/mol. The molecule has 0 radical (unpaired) electrons. The second kappa shape index (κ2) is 4.94. The zero-order chi connectivity index (χ0) is 8.10. The Labute approximate surface area is 77.6 Å². The van der Waals surface area contributed by atoms with Crippen molar-refractivity contribution in [1.29, 1.82) is 0 Å². The first-order chi connectivity index (χ1) is 5.36. The van der Waals surface area contributed by atoms with Gasteiger partial charge >= 0.3 is 0 Å². The van der Waals surface area contributed by atoms with Crippen molar-refractivity contribution in [1.82, 2.24) is 4.90 Å². The number of hydrogen-bond donors (Lipinski definition) is 0. The minimum atomic E-state index is 0.913. The molecule has 1 saturated heterocycles. The van der Waals surface area contributed by atoms with E-state index in [0.717, 1.165) is 12.5 Å². The molecule has 0 unspecified atom stereocenters. The summed E-state index contributed by atoms with van der Waals surface area (Å²) in [5, 5.41) is 1.18. The van der Waals surface area contributed by atoms with Gasteiger partial charge in [-0.05, 0) is 31.8 Å². The zero-order valence-corrected chi connectivity index (χ0v) is 8.52. The van der Waals surface area contributed by atoms with Crippen LogP contribution in [-0.2, 0) is 0 Å². The zero-order valence-electron chi connectivity index (χ0n) is 6.93. The standard InChI is InChI=1S/C9H16BrN/c1-2-5-11-6-3-9(8-10)4-7-11/h2,9H,1,3-8H2. The lowest BCUT2D eigenvalue weighted by Crippen LogP contribution is -2.34. The third-order valence-corrected chi connectivity index (χ3v) is 3.23. The Morgan fingerprint density at radius 1 is 1.45 bits per heavy atom. The highest BCUT2D eigenvalue weighted by Crippen LogP contribution is 2.18. The summed E-state index contributed by atoms with van der Waals surface area (Å²) < 4.78 is 0. The number of piperidine rings is 1. The molecule has 1 heterocycles. The van der Waals surface area contributed by atoms with Gasteiger partial charge in [0, 0.05) is 11.9 Å². The average Bonchev–Trinajstić information content (AvgIpc) is 2.07. The number of hydrogen-bond acceptors (Lipinski definition) is 1. The van der Waals surface area contributed by atoms with Crippen molar-refractivity contribution in [2.75, 3.05) is 25.0 Å². The van der Waals surface area contributed by atoms with Gasteiger partial charge in [-0.3, -0.25) is 4.90 Å². The van der Waals surface area contributed by atoms with Gasteiger partial charge < -0.3 is 0 Å². The predicted octanol–water partition coefficient (Wildman–Crippen LogP) is 2.28. The van der Waals surface area contributed by atoms with Crippen molar-refractivity contribution in [2.24, 2.45) is 5.92 Å². The van der Waals surface area contributed by atoms with E-state index in [1.165, 1.54) is 31.3 Å². The number of alkyl halides is 1. The Hall–Kier alpha value is 0.180. The molecular weight excluding hydrogens is 202 g/mol. The van der Waals surface area contributed by atoms with Gasteiger partial charge in [0.05, 0.1) is 0 Å². The summed E-state index contributed by atoms with van der Waals surface area (Å²) >= 11 is 3.53. The lowest BCUT2D eigenvalue weighted by atomic mass is 9.99. The Morgan fingerprint density at radius 2 is 2.09 bits per heavy atom. The van der Waals surface area contributed by atoms with Gasteiger partial charge in [0.1, 0.15) is 0 Å². The highest BCUT2D eigenvalue weighted by molar-refractivity contribution is 9.09. The van der Waals surface area contributed by atoms with E-state index in [9.17, 15) is 0 Å². The molecule has 0 N–H and O–H groups in total. The van der Waals surface area contributed by atoms with E-state index in [0.29, 0.717) is 0 Å². The monoisotopic (exact) mass is 217 g/mol. The van der Waals surface area contributed by atoms with Crippen molar-refractivity contribution >= 4 is 15.9 Å². The smallest absolute Gasteiger partial charge is 0.0160 e. The summed E-state index contributed by atoms with van der Waals surface area (Å²) in [6.45, 7) is 7.31. The fourth-order valence-electron chi connectivity index (χ4n) is 1.51. The van der Waals surface area contributed by atoms with Crippen LogP contribution in [0.5, 0.6) is 0 Å². The number of likely N-dealkylation sites (tertiary alicyclic amines) is 1. The number of rotatable bonds is 3. The van der Waals surface area contributed by atoms with Crippen LogP contribution in [0.3, 0.4) is 0 Å². The third kappa shape index (κ3) is 2.96. The maximum atomic E-state index is 3.74. The normalized spacial score (nSPS) is 21.9. The lowest BCUT2D eigenvalue weighted by molar-refractivity contribution is 0.213. The lowest BCUT2D eigenvalue weighted by Gasteiger charge is -2.29. The molecule has 11 heavy (non-hydrogen) atoms. The summed E-state index contributed by atoms with van der Waals surface area (Å²) in [5.41, 5.74) is 0. The van der Waals surface area contributed by atoms with Crippen LogP contribution < -0.4 is 0 Å². The molecule has 0 amide bonds. The fraction of sp³-hybridized carbons (Fsp3) is 0.778. The van der Waals surface area contributed by atoms with Crippen molar-refractivity contribution in [3.05, 3.63) is 12.7 Å². The topological polar surface area (TPSA) is 3.24 Å². The molecule has 0 aromatic rings. The molecule has 0 atom stereocenters.